The second kappa shape index (κ2) is 7.99. The van der Waals surface area contributed by atoms with Gasteiger partial charge in [-0.2, -0.15) is 10.2 Å². The summed E-state index contributed by atoms with van der Waals surface area (Å²) in [7, 11) is 0. The summed E-state index contributed by atoms with van der Waals surface area (Å²) in [5.74, 6) is -0.0988. The van der Waals surface area contributed by atoms with E-state index in [1.165, 1.54) is 0 Å². The number of rotatable bonds is 6. The van der Waals surface area contributed by atoms with Crippen molar-refractivity contribution in [2.24, 2.45) is 0 Å². The minimum atomic E-state index is -0.0988. The molecule has 2 aromatic carbocycles. The molecule has 0 saturated heterocycles. The van der Waals surface area contributed by atoms with Crippen molar-refractivity contribution in [1.29, 1.82) is 0 Å². The maximum absolute atomic E-state index is 12.9. The van der Waals surface area contributed by atoms with Gasteiger partial charge >= 0.3 is 0 Å². The van der Waals surface area contributed by atoms with Gasteiger partial charge in [0.15, 0.2) is 5.69 Å². The number of nitrogens with zero attached hydrogens (tertiary/aromatic N) is 4. The third kappa shape index (κ3) is 3.52. The lowest BCUT2D eigenvalue weighted by molar-refractivity contribution is 0.0948. The molecule has 0 bridgehead atoms. The maximum atomic E-state index is 12.9. The Morgan fingerprint density at radius 1 is 0.967 bits per heavy atom. The van der Waals surface area contributed by atoms with Crippen molar-refractivity contribution in [3.05, 3.63) is 95.6 Å². The van der Waals surface area contributed by atoms with E-state index in [4.69, 9.17) is 0 Å². The molecule has 4 aromatic rings. The molecule has 150 valence electrons. The third-order valence-electron chi connectivity index (χ3n) is 5.50. The van der Waals surface area contributed by atoms with Crippen molar-refractivity contribution >= 4 is 5.91 Å². The van der Waals surface area contributed by atoms with Gasteiger partial charge in [0.1, 0.15) is 0 Å². The second-order valence-corrected chi connectivity index (χ2v) is 7.51. The zero-order chi connectivity index (χ0) is 20.3. The minimum absolute atomic E-state index is 0.0988. The third-order valence-corrected chi connectivity index (χ3v) is 5.50. The molecule has 0 aliphatic heterocycles. The molecular weight excluding hydrogens is 374 g/mol. The van der Waals surface area contributed by atoms with E-state index in [0.29, 0.717) is 12.2 Å². The van der Waals surface area contributed by atoms with Gasteiger partial charge in [-0.25, -0.2) is 9.36 Å². The van der Waals surface area contributed by atoms with Crippen molar-refractivity contribution < 1.29 is 4.79 Å². The Balaban J connectivity index is 1.26. The molecule has 1 aliphatic carbocycles. The van der Waals surface area contributed by atoms with Crippen molar-refractivity contribution in [2.75, 3.05) is 6.54 Å². The van der Waals surface area contributed by atoms with Crippen LogP contribution in [0, 0.1) is 0 Å². The number of aromatic nitrogens is 4. The first-order chi connectivity index (χ1) is 14.8. The highest BCUT2D eigenvalue weighted by molar-refractivity contribution is 5.94. The Bertz CT molecular complexity index is 1160. The van der Waals surface area contributed by atoms with Crippen molar-refractivity contribution in [3.8, 4) is 11.4 Å². The monoisotopic (exact) mass is 397 g/mol. The van der Waals surface area contributed by atoms with Crippen molar-refractivity contribution in [3.63, 3.8) is 0 Å². The van der Waals surface area contributed by atoms with Crippen LogP contribution in [0.1, 0.15) is 33.7 Å². The topological polar surface area (TPSA) is 64.7 Å². The molecule has 0 saturated carbocycles. The number of carbonyl (C=O) groups is 1. The highest BCUT2D eigenvalue weighted by Gasteiger charge is 2.26. The number of para-hydroxylation sites is 2. The van der Waals surface area contributed by atoms with Gasteiger partial charge in [-0.05, 0) is 55.5 Å². The van der Waals surface area contributed by atoms with Gasteiger partial charge < -0.3 is 5.32 Å². The Morgan fingerprint density at radius 2 is 1.70 bits per heavy atom. The first-order valence-corrected chi connectivity index (χ1v) is 10.3. The zero-order valence-corrected chi connectivity index (χ0v) is 16.7. The van der Waals surface area contributed by atoms with Crippen LogP contribution in [0.2, 0.25) is 0 Å². The van der Waals surface area contributed by atoms with Crippen LogP contribution in [0.3, 0.4) is 0 Å². The fourth-order valence-electron chi connectivity index (χ4n) is 4.02. The van der Waals surface area contributed by atoms with Crippen molar-refractivity contribution in [2.45, 2.75) is 25.7 Å². The molecule has 2 heterocycles. The second-order valence-electron chi connectivity index (χ2n) is 7.51. The molecule has 1 aliphatic rings. The molecule has 2 aromatic heterocycles. The molecule has 6 nitrogen and oxygen atoms in total. The maximum Gasteiger partial charge on any atom is 0.272 e. The zero-order valence-electron chi connectivity index (χ0n) is 16.7. The van der Waals surface area contributed by atoms with E-state index >= 15 is 0 Å². The van der Waals surface area contributed by atoms with Gasteiger partial charge in [-0.3, -0.25) is 4.79 Å². The molecule has 1 N–H and O–H groups in total. The van der Waals surface area contributed by atoms with E-state index in [2.05, 4.69) is 15.5 Å². The van der Waals surface area contributed by atoms with E-state index in [-0.39, 0.29) is 5.91 Å². The number of amides is 1. The molecule has 1 amide bonds. The lowest BCUT2D eigenvalue weighted by Gasteiger charge is -2.05. The lowest BCUT2D eigenvalue weighted by atomic mass is 10.2. The van der Waals surface area contributed by atoms with E-state index in [9.17, 15) is 4.79 Å². The predicted molar refractivity (Wildman–Crippen MR) is 115 cm³/mol. The van der Waals surface area contributed by atoms with Crippen LogP contribution < -0.4 is 5.32 Å². The number of benzene rings is 2. The van der Waals surface area contributed by atoms with Gasteiger partial charge in [0.25, 0.3) is 5.91 Å². The van der Waals surface area contributed by atoms with E-state index in [1.807, 2.05) is 82.4 Å². The number of fused-ring (bicyclic) bond motifs is 1. The molecule has 0 atom stereocenters. The smallest absolute Gasteiger partial charge is 0.272 e. The average molecular weight is 397 g/mol. The minimum Gasteiger partial charge on any atom is -0.350 e. The van der Waals surface area contributed by atoms with Gasteiger partial charge in [-0.15, -0.1) is 0 Å². The number of nitrogens with one attached hydrogen (secondary N) is 1. The first kappa shape index (κ1) is 18.4. The molecule has 0 spiro atoms. The van der Waals surface area contributed by atoms with E-state index < -0.39 is 0 Å². The van der Waals surface area contributed by atoms with Crippen LogP contribution in [0.5, 0.6) is 0 Å². The highest BCUT2D eigenvalue weighted by atomic mass is 16.1. The fraction of sp³-hybridized carbons (Fsp3) is 0.208. The van der Waals surface area contributed by atoms with Crippen LogP contribution in [0.25, 0.3) is 11.4 Å². The predicted octanol–water partition coefficient (Wildman–Crippen LogP) is 3.52. The normalized spacial score (nSPS) is 12.7. The van der Waals surface area contributed by atoms with Gasteiger partial charge in [0.05, 0.1) is 17.6 Å². The fourth-order valence-corrected chi connectivity index (χ4v) is 4.02. The standard InChI is InChI=1S/C24H23N5O/c30-24(25-15-14-18-16-26-28(17-18)19-8-3-1-4-9-19)23-21-12-7-13-22(21)29(27-23)20-10-5-2-6-11-20/h1-6,8-11,16-17H,7,12-15H2,(H,25,30). The van der Waals surface area contributed by atoms with Gasteiger partial charge in [0, 0.05) is 24.0 Å². The van der Waals surface area contributed by atoms with Crippen LogP contribution in [-0.4, -0.2) is 32.0 Å². The summed E-state index contributed by atoms with van der Waals surface area (Å²) in [4.78, 5) is 12.9. The highest BCUT2D eigenvalue weighted by Crippen LogP contribution is 2.27. The van der Waals surface area contributed by atoms with Crippen LogP contribution in [-0.2, 0) is 19.3 Å². The Kier molecular flexibility index (Phi) is 4.89. The summed E-state index contributed by atoms with van der Waals surface area (Å²) in [6.07, 6.45) is 7.52. The first-order valence-electron chi connectivity index (χ1n) is 10.3. The van der Waals surface area contributed by atoms with Crippen LogP contribution in [0.15, 0.2) is 73.1 Å². The molecule has 5 rings (SSSR count). The van der Waals surface area contributed by atoms with Gasteiger partial charge in [0.2, 0.25) is 0 Å². The summed E-state index contributed by atoms with van der Waals surface area (Å²) in [6.45, 7) is 0.548. The Labute approximate surface area is 175 Å². The summed E-state index contributed by atoms with van der Waals surface area (Å²) < 4.78 is 3.78. The van der Waals surface area contributed by atoms with Crippen LogP contribution in [0.4, 0.5) is 0 Å². The summed E-state index contributed by atoms with van der Waals surface area (Å²) in [5, 5.41) is 12.1. The summed E-state index contributed by atoms with van der Waals surface area (Å²) >= 11 is 0. The Hall–Kier alpha value is -3.67. The molecule has 0 radical (unpaired) electrons. The number of hydrogen-bond acceptors (Lipinski definition) is 3. The quantitative estimate of drug-likeness (QED) is 0.541. The molecule has 30 heavy (non-hydrogen) atoms. The summed E-state index contributed by atoms with van der Waals surface area (Å²) in [5.41, 5.74) is 5.92. The lowest BCUT2D eigenvalue weighted by Crippen LogP contribution is -2.27. The number of carbonyl (C=O) groups excluding carboxylic acids is 1. The largest absolute Gasteiger partial charge is 0.350 e. The molecule has 0 fully saturated rings. The SMILES string of the molecule is O=C(NCCc1cnn(-c2ccccc2)c1)c1nn(-c2ccccc2)c2c1CCC2. The molecule has 6 heteroatoms. The van der Waals surface area contributed by atoms with E-state index in [1.54, 1.807) is 0 Å². The van der Waals surface area contributed by atoms with Gasteiger partial charge in [-0.1, -0.05) is 36.4 Å². The molecular formula is C24H23N5O. The average Bonchev–Trinajstić information content (AvgIpc) is 3.52. The van der Waals surface area contributed by atoms with Crippen LogP contribution >= 0.6 is 0 Å². The molecule has 0 unspecified atom stereocenters. The van der Waals surface area contributed by atoms with E-state index in [0.717, 1.165) is 53.9 Å². The Morgan fingerprint density at radius 3 is 2.47 bits per heavy atom. The number of hydrogen-bond donors (Lipinski definition) is 1. The summed E-state index contributed by atoms with van der Waals surface area (Å²) in [6, 6.07) is 20.0. The van der Waals surface area contributed by atoms with Crippen molar-refractivity contribution in [1.82, 2.24) is 24.9 Å².